The normalized spacial score (nSPS) is 12.0. The van der Waals surface area contributed by atoms with E-state index in [0.29, 0.717) is 21.3 Å². The Bertz CT molecular complexity index is 840. The Hall–Kier alpha value is -2.32. The van der Waals surface area contributed by atoms with Crippen LogP contribution in [0.15, 0.2) is 41.7 Å². The largest absolute Gasteiger partial charge is 0.433 e. The third-order valence-electron chi connectivity index (χ3n) is 3.38. The zero-order valence-electron chi connectivity index (χ0n) is 14.0. The molecule has 0 aliphatic heterocycles. The molecule has 1 N–H and O–H groups in total. The van der Waals surface area contributed by atoms with E-state index in [4.69, 9.17) is 28.0 Å². The lowest BCUT2D eigenvalue weighted by Gasteiger charge is -2.09. The number of nitrogens with zero attached hydrogens (tertiary/aromatic N) is 2. The molecule has 0 atom stereocenters. The van der Waals surface area contributed by atoms with Gasteiger partial charge in [-0.1, -0.05) is 34.4 Å². The first-order valence-corrected chi connectivity index (χ1v) is 8.35. The first-order chi connectivity index (χ1) is 12.7. The number of hydrogen-bond acceptors (Lipinski definition) is 4. The molecule has 0 fully saturated rings. The second kappa shape index (κ2) is 9.05. The fraction of sp³-hybridized carbons (Fsp3) is 0.235. The van der Waals surface area contributed by atoms with Crippen molar-refractivity contribution in [1.82, 2.24) is 4.98 Å². The summed E-state index contributed by atoms with van der Waals surface area (Å²) in [4.78, 5) is 20.1. The smallest absolute Gasteiger partial charge is 0.399 e. The van der Waals surface area contributed by atoms with Gasteiger partial charge in [-0.25, -0.2) is 4.98 Å². The third-order valence-corrected chi connectivity index (χ3v) is 4.12. The van der Waals surface area contributed by atoms with Crippen LogP contribution in [0.25, 0.3) is 0 Å². The van der Waals surface area contributed by atoms with Gasteiger partial charge in [-0.2, -0.15) is 13.2 Å². The van der Waals surface area contributed by atoms with E-state index >= 15 is 0 Å². The fourth-order valence-electron chi connectivity index (χ4n) is 2.12. The summed E-state index contributed by atoms with van der Waals surface area (Å²) in [7, 11) is 1.37. The molecule has 0 saturated carbocycles. The number of oxime groups is 1. The number of hydrogen-bond donors (Lipinski definition) is 1. The maximum Gasteiger partial charge on any atom is 0.433 e. The van der Waals surface area contributed by atoms with Gasteiger partial charge in [0.2, 0.25) is 5.91 Å². The first-order valence-electron chi connectivity index (χ1n) is 7.59. The molecule has 1 heterocycles. The molecule has 144 valence electrons. The summed E-state index contributed by atoms with van der Waals surface area (Å²) in [5, 5.41) is 7.07. The summed E-state index contributed by atoms with van der Waals surface area (Å²) in [6, 6.07) is 6.81. The molecule has 0 saturated heterocycles. The molecular formula is C17H14Cl2F3N3O2. The topological polar surface area (TPSA) is 63.6 Å². The van der Waals surface area contributed by atoms with Crippen molar-refractivity contribution in [1.29, 1.82) is 0 Å². The van der Waals surface area contributed by atoms with Crippen molar-refractivity contribution < 1.29 is 22.8 Å². The molecule has 0 bridgehead atoms. The number of anilines is 1. The molecule has 0 aliphatic carbocycles. The number of carbonyl (C=O) groups is 1. The van der Waals surface area contributed by atoms with Crippen molar-refractivity contribution in [2.75, 3.05) is 12.4 Å². The minimum atomic E-state index is -4.53. The van der Waals surface area contributed by atoms with Gasteiger partial charge in [0, 0.05) is 18.4 Å². The zero-order chi connectivity index (χ0) is 20.0. The van der Waals surface area contributed by atoms with Crippen LogP contribution in [0.2, 0.25) is 10.0 Å². The molecule has 0 unspecified atom stereocenters. The summed E-state index contributed by atoms with van der Waals surface area (Å²) in [5.41, 5.74) is 0.231. The van der Waals surface area contributed by atoms with E-state index in [1.165, 1.54) is 7.11 Å². The summed E-state index contributed by atoms with van der Waals surface area (Å²) in [6.07, 6.45) is -3.35. The summed E-state index contributed by atoms with van der Waals surface area (Å²) in [5.74, 6) is -0.416. The SMILES string of the molecule is CO/N=C(/CCC(=O)Nc1ccc(C(F)(F)F)nc1)c1ccc(Cl)c(Cl)c1. The second-order valence-electron chi connectivity index (χ2n) is 5.33. The summed E-state index contributed by atoms with van der Waals surface area (Å²) < 4.78 is 37.5. The molecule has 2 aromatic rings. The number of benzene rings is 1. The lowest BCUT2D eigenvalue weighted by atomic mass is 10.1. The number of halogens is 5. The summed E-state index contributed by atoms with van der Waals surface area (Å²) in [6.45, 7) is 0. The van der Waals surface area contributed by atoms with Crippen LogP contribution in [0.1, 0.15) is 24.1 Å². The Morgan fingerprint density at radius 3 is 2.48 bits per heavy atom. The molecular weight excluding hydrogens is 406 g/mol. The Kier molecular flexibility index (Phi) is 7.04. The lowest BCUT2D eigenvalue weighted by molar-refractivity contribution is -0.141. The van der Waals surface area contributed by atoms with Crippen molar-refractivity contribution >= 4 is 40.5 Å². The Labute approximate surface area is 163 Å². The van der Waals surface area contributed by atoms with Crippen molar-refractivity contribution in [3.05, 3.63) is 57.8 Å². The van der Waals surface area contributed by atoms with E-state index in [1.807, 2.05) is 0 Å². The predicted molar refractivity (Wildman–Crippen MR) is 97.1 cm³/mol. The number of pyridine rings is 1. The third kappa shape index (κ3) is 6.11. The number of alkyl halides is 3. The van der Waals surface area contributed by atoms with Crippen LogP contribution in [0.5, 0.6) is 0 Å². The maximum atomic E-state index is 12.5. The molecule has 0 aliphatic rings. The minimum Gasteiger partial charge on any atom is -0.399 e. The summed E-state index contributed by atoms with van der Waals surface area (Å²) >= 11 is 11.9. The minimum absolute atomic E-state index is 0.0173. The fourth-order valence-corrected chi connectivity index (χ4v) is 2.42. The van der Waals surface area contributed by atoms with Crippen LogP contribution < -0.4 is 5.32 Å². The van der Waals surface area contributed by atoms with Gasteiger partial charge in [-0.3, -0.25) is 4.79 Å². The van der Waals surface area contributed by atoms with Gasteiger partial charge in [-0.05, 0) is 24.3 Å². The van der Waals surface area contributed by atoms with E-state index in [9.17, 15) is 18.0 Å². The zero-order valence-corrected chi connectivity index (χ0v) is 15.5. The van der Waals surface area contributed by atoms with E-state index in [0.717, 1.165) is 18.3 Å². The molecule has 10 heteroatoms. The highest BCUT2D eigenvalue weighted by atomic mass is 35.5. The van der Waals surface area contributed by atoms with Gasteiger partial charge in [-0.15, -0.1) is 0 Å². The van der Waals surface area contributed by atoms with Gasteiger partial charge in [0.05, 0.1) is 27.6 Å². The van der Waals surface area contributed by atoms with E-state index < -0.39 is 17.8 Å². The average Bonchev–Trinajstić information content (AvgIpc) is 2.61. The lowest BCUT2D eigenvalue weighted by Crippen LogP contribution is -2.15. The standard InChI is InChI=1S/C17H14Cl2F3N3O2/c1-27-25-14(10-2-4-12(18)13(19)8-10)5-7-16(26)24-11-3-6-15(23-9-11)17(20,21)22/h2-4,6,8-9H,5,7H2,1H3,(H,24,26)/b25-14-. The van der Waals surface area contributed by atoms with Gasteiger partial charge < -0.3 is 10.2 Å². The van der Waals surface area contributed by atoms with Gasteiger partial charge in [0.15, 0.2) is 0 Å². The molecule has 5 nitrogen and oxygen atoms in total. The maximum absolute atomic E-state index is 12.5. The van der Waals surface area contributed by atoms with E-state index in [1.54, 1.807) is 18.2 Å². The molecule has 0 radical (unpaired) electrons. The quantitative estimate of drug-likeness (QED) is 0.518. The molecule has 1 aromatic carbocycles. The van der Waals surface area contributed by atoms with Crippen LogP contribution in [0.4, 0.5) is 18.9 Å². The van der Waals surface area contributed by atoms with Crippen molar-refractivity contribution in [3.63, 3.8) is 0 Å². The molecule has 27 heavy (non-hydrogen) atoms. The molecule has 0 spiro atoms. The number of carbonyl (C=O) groups excluding carboxylic acids is 1. The highest BCUT2D eigenvalue weighted by Crippen LogP contribution is 2.28. The predicted octanol–water partition coefficient (Wildman–Crippen LogP) is 5.18. The van der Waals surface area contributed by atoms with Crippen molar-refractivity contribution in [3.8, 4) is 0 Å². The Balaban J connectivity index is 2.00. The number of aromatic nitrogens is 1. The average molecular weight is 420 g/mol. The van der Waals surface area contributed by atoms with Crippen molar-refractivity contribution in [2.45, 2.75) is 19.0 Å². The van der Waals surface area contributed by atoms with E-state index in [-0.39, 0.29) is 18.5 Å². The molecule has 1 aromatic heterocycles. The highest BCUT2D eigenvalue weighted by molar-refractivity contribution is 6.42. The van der Waals surface area contributed by atoms with Crippen LogP contribution in [0, 0.1) is 0 Å². The van der Waals surface area contributed by atoms with Crippen molar-refractivity contribution in [2.24, 2.45) is 5.16 Å². The van der Waals surface area contributed by atoms with Gasteiger partial charge in [0.25, 0.3) is 0 Å². The second-order valence-corrected chi connectivity index (χ2v) is 6.14. The monoisotopic (exact) mass is 419 g/mol. The number of nitrogens with one attached hydrogen (secondary N) is 1. The van der Waals surface area contributed by atoms with Crippen LogP contribution in [-0.4, -0.2) is 23.7 Å². The van der Waals surface area contributed by atoms with E-state index in [2.05, 4.69) is 15.5 Å². The van der Waals surface area contributed by atoms with Gasteiger partial charge in [0.1, 0.15) is 12.8 Å². The van der Waals surface area contributed by atoms with Gasteiger partial charge >= 0.3 is 6.18 Å². The number of amides is 1. The van der Waals surface area contributed by atoms with Crippen LogP contribution >= 0.6 is 23.2 Å². The highest BCUT2D eigenvalue weighted by Gasteiger charge is 2.32. The molecule has 1 amide bonds. The Morgan fingerprint density at radius 1 is 1.19 bits per heavy atom. The van der Waals surface area contributed by atoms with Crippen LogP contribution in [-0.2, 0) is 15.8 Å². The Morgan fingerprint density at radius 2 is 1.93 bits per heavy atom. The molecule has 2 rings (SSSR count). The van der Waals surface area contributed by atoms with Crippen LogP contribution in [0.3, 0.4) is 0 Å². The first kappa shape index (κ1) is 21.0. The number of rotatable bonds is 6.